The van der Waals surface area contributed by atoms with Crippen LogP contribution in [0.1, 0.15) is 41.6 Å². The normalized spacial score (nSPS) is 15.4. The molecule has 1 aliphatic rings. The number of rotatable bonds is 4. The number of carbonyl (C=O) groups excluding carboxylic acids is 1. The number of halogens is 1. The van der Waals surface area contributed by atoms with Gasteiger partial charge in [0.25, 0.3) is 5.91 Å². The molecule has 0 aliphatic carbocycles. The molecular formula is C27H25FN2O3. The smallest absolute Gasteiger partial charge is 0.255 e. The first-order valence-electron chi connectivity index (χ1n) is 11.1. The minimum absolute atomic E-state index is 0.190. The maximum absolute atomic E-state index is 13.1. The lowest BCUT2D eigenvalue weighted by molar-refractivity contribution is 0.0964. The molecular weight excluding hydrogens is 419 g/mol. The van der Waals surface area contributed by atoms with Gasteiger partial charge in [-0.1, -0.05) is 6.92 Å². The third-order valence-electron chi connectivity index (χ3n) is 6.14. The molecule has 1 aliphatic heterocycles. The van der Waals surface area contributed by atoms with Gasteiger partial charge in [0.05, 0.1) is 5.56 Å². The highest BCUT2D eigenvalue weighted by Crippen LogP contribution is 2.40. The molecule has 0 saturated heterocycles. The molecule has 5 nitrogen and oxygen atoms in total. The summed E-state index contributed by atoms with van der Waals surface area (Å²) < 4.78 is 25.2. The van der Waals surface area contributed by atoms with E-state index in [1.54, 1.807) is 31.3 Å². The number of furan rings is 1. The van der Waals surface area contributed by atoms with Gasteiger partial charge in [-0.05, 0) is 78.9 Å². The molecule has 0 fully saturated rings. The number of fused-ring (bicyclic) bond motifs is 2. The van der Waals surface area contributed by atoms with Crippen LogP contribution in [0.4, 0.5) is 10.1 Å². The van der Waals surface area contributed by atoms with Crippen molar-refractivity contribution in [1.82, 2.24) is 5.32 Å². The lowest BCUT2D eigenvalue weighted by Gasteiger charge is -2.12. The number of hydrogen-bond acceptors (Lipinski definition) is 4. The van der Waals surface area contributed by atoms with Gasteiger partial charge >= 0.3 is 0 Å². The van der Waals surface area contributed by atoms with Crippen LogP contribution in [0.15, 0.2) is 65.1 Å². The fraction of sp³-hybridized carbons (Fsp3) is 0.222. The van der Waals surface area contributed by atoms with Crippen LogP contribution < -0.4 is 15.4 Å². The molecule has 0 spiro atoms. The minimum Gasteiger partial charge on any atom is -0.457 e. The molecule has 33 heavy (non-hydrogen) atoms. The highest BCUT2D eigenvalue weighted by atomic mass is 19.1. The maximum atomic E-state index is 13.1. The molecule has 0 bridgehead atoms. The summed E-state index contributed by atoms with van der Waals surface area (Å²) in [6.45, 7) is 3.15. The van der Waals surface area contributed by atoms with Gasteiger partial charge in [0, 0.05) is 36.3 Å². The minimum atomic E-state index is -0.314. The average Bonchev–Trinajstić information content (AvgIpc) is 3.11. The molecule has 4 aromatic rings. The average molecular weight is 445 g/mol. The molecule has 0 radical (unpaired) electrons. The molecule has 1 atom stereocenters. The highest BCUT2D eigenvalue weighted by Gasteiger charge is 2.25. The number of benzene rings is 3. The van der Waals surface area contributed by atoms with Gasteiger partial charge in [-0.25, -0.2) is 4.39 Å². The highest BCUT2D eigenvalue weighted by molar-refractivity contribution is 6.11. The van der Waals surface area contributed by atoms with Crippen LogP contribution in [0.5, 0.6) is 11.5 Å². The van der Waals surface area contributed by atoms with Crippen molar-refractivity contribution < 1.29 is 18.3 Å². The first-order chi connectivity index (χ1) is 16.0. The molecule has 2 N–H and O–H groups in total. The Morgan fingerprint density at radius 1 is 1.09 bits per heavy atom. The first kappa shape index (κ1) is 21.1. The van der Waals surface area contributed by atoms with Crippen LogP contribution >= 0.6 is 0 Å². The van der Waals surface area contributed by atoms with Gasteiger partial charge in [-0.15, -0.1) is 0 Å². The summed E-state index contributed by atoms with van der Waals surface area (Å²) in [5.41, 5.74) is 4.25. The quantitative estimate of drug-likeness (QED) is 0.368. The predicted molar refractivity (Wildman–Crippen MR) is 128 cm³/mol. The van der Waals surface area contributed by atoms with Crippen molar-refractivity contribution in [2.75, 3.05) is 18.9 Å². The monoisotopic (exact) mass is 444 g/mol. The Balaban J connectivity index is 1.55. The number of anilines is 1. The second-order valence-electron chi connectivity index (χ2n) is 8.37. The van der Waals surface area contributed by atoms with Crippen molar-refractivity contribution in [2.45, 2.75) is 25.7 Å². The summed E-state index contributed by atoms with van der Waals surface area (Å²) in [4.78, 5) is 12.9. The van der Waals surface area contributed by atoms with Crippen LogP contribution in [0.2, 0.25) is 0 Å². The molecule has 1 amide bonds. The summed E-state index contributed by atoms with van der Waals surface area (Å²) in [5, 5.41) is 7.06. The maximum Gasteiger partial charge on any atom is 0.255 e. The Kier molecular flexibility index (Phi) is 5.50. The van der Waals surface area contributed by atoms with Gasteiger partial charge < -0.3 is 19.8 Å². The van der Waals surface area contributed by atoms with Gasteiger partial charge in [-0.2, -0.15) is 0 Å². The van der Waals surface area contributed by atoms with Gasteiger partial charge in [-0.3, -0.25) is 4.79 Å². The van der Waals surface area contributed by atoms with Crippen LogP contribution in [0.3, 0.4) is 0 Å². The summed E-state index contributed by atoms with van der Waals surface area (Å²) in [7, 11) is 1.62. The second-order valence-corrected chi connectivity index (χ2v) is 8.37. The van der Waals surface area contributed by atoms with E-state index in [-0.39, 0.29) is 11.7 Å². The number of amides is 1. The topological polar surface area (TPSA) is 63.5 Å². The van der Waals surface area contributed by atoms with E-state index < -0.39 is 0 Å². The van der Waals surface area contributed by atoms with E-state index in [0.29, 0.717) is 34.3 Å². The van der Waals surface area contributed by atoms with Crippen LogP contribution in [0.25, 0.3) is 22.3 Å². The van der Waals surface area contributed by atoms with Gasteiger partial charge in [0.15, 0.2) is 0 Å². The Morgan fingerprint density at radius 3 is 2.48 bits per heavy atom. The van der Waals surface area contributed by atoms with Crippen LogP contribution in [-0.2, 0) is 0 Å². The number of hydrogen-bond donors (Lipinski definition) is 2. The Labute approximate surface area is 191 Å². The van der Waals surface area contributed by atoms with Crippen LogP contribution in [0, 0.1) is 5.82 Å². The number of nitrogens with one attached hydrogen (secondary N) is 2. The van der Waals surface area contributed by atoms with Crippen molar-refractivity contribution in [3.63, 3.8) is 0 Å². The summed E-state index contributed by atoms with van der Waals surface area (Å²) >= 11 is 0. The standard InChI is InChI=1S/C27H25FN2O3/c1-16-4-3-13-30-23-15-24-22(14-21(16)23)25(27(31)29-2)26(33-24)17-5-9-19(10-6-17)32-20-11-7-18(28)8-12-20/h5-12,14-16,30H,3-4,13H2,1-2H3,(H,29,31). The van der Waals surface area contributed by atoms with Crippen molar-refractivity contribution in [1.29, 1.82) is 0 Å². The Morgan fingerprint density at radius 2 is 1.79 bits per heavy atom. The zero-order chi connectivity index (χ0) is 22.9. The third-order valence-corrected chi connectivity index (χ3v) is 6.14. The number of carbonyl (C=O) groups is 1. The third kappa shape index (κ3) is 4.04. The van der Waals surface area contributed by atoms with E-state index in [2.05, 4.69) is 23.6 Å². The fourth-order valence-corrected chi connectivity index (χ4v) is 4.37. The molecule has 5 rings (SSSR count). The van der Waals surface area contributed by atoms with Crippen molar-refractivity contribution >= 4 is 22.6 Å². The second kappa shape index (κ2) is 8.62. The lowest BCUT2D eigenvalue weighted by Crippen LogP contribution is -2.18. The summed E-state index contributed by atoms with van der Waals surface area (Å²) in [6.07, 6.45) is 2.21. The predicted octanol–water partition coefficient (Wildman–Crippen LogP) is 6.70. The van der Waals surface area contributed by atoms with E-state index >= 15 is 0 Å². The van der Waals surface area contributed by atoms with Crippen LogP contribution in [-0.4, -0.2) is 19.5 Å². The SMILES string of the molecule is CNC(=O)c1c(-c2ccc(Oc3ccc(F)cc3)cc2)oc2cc3c(cc12)C(C)CCCN3. The Hall–Kier alpha value is -3.80. The van der Waals surface area contributed by atoms with E-state index in [4.69, 9.17) is 9.15 Å². The zero-order valence-corrected chi connectivity index (χ0v) is 18.6. The molecule has 1 aromatic heterocycles. The van der Waals surface area contributed by atoms with Crippen molar-refractivity contribution in [2.24, 2.45) is 0 Å². The van der Waals surface area contributed by atoms with Gasteiger partial charge in [0.1, 0.15) is 28.7 Å². The van der Waals surface area contributed by atoms with Crippen molar-refractivity contribution in [3.8, 4) is 22.8 Å². The van der Waals surface area contributed by atoms with Gasteiger partial charge in [0.2, 0.25) is 0 Å². The molecule has 6 heteroatoms. The van der Waals surface area contributed by atoms with E-state index in [0.717, 1.165) is 36.0 Å². The summed E-state index contributed by atoms with van der Waals surface area (Å²) in [6, 6.07) is 17.3. The molecule has 3 aromatic carbocycles. The lowest BCUT2D eigenvalue weighted by atomic mass is 9.93. The molecule has 168 valence electrons. The molecule has 0 saturated carbocycles. The Bertz CT molecular complexity index is 1310. The largest absolute Gasteiger partial charge is 0.457 e. The van der Waals surface area contributed by atoms with E-state index in [9.17, 15) is 9.18 Å². The summed E-state index contributed by atoms with van der Waals surface area (Å²) in [5.74, 6) is 1.56. The number of ether oxygens (including phenoxy) is 1. The first-order valence-corrected chi connectivity index (χ1v) is 11.1. The molecule has 1 unspecified atom stereocenters. The van der Waals surface area contributed by atoms with E-state index in [1.165, 1.54) is 17.7 Å². The fourth-order valence-electron chi connectivity index (χ4n) is 4.37. The van der Waals surface area contributed by atoms with Crippen molar-refractivity contribution in [3.05, 3.63) is 77.6 Å². The van der Waals surface area contributed by atoms with E-state index in [1.807, 2.05) is 18.2 Å². The zero-order valence-electron chi connectivity index (χ0n) is 18.6. The molecule has 2 heterocycles.